The summed E-state index contributed by atoms with van der Waals surface area (Å²) in [6, 6.07) is 8.44. The van der Waals surface area contributed by atoms with Crippen LogP contribution in [0.15, 0.2) is 39.7 Å². The van der Waals surface area contributed by atoms with E-state index in [0.29, 0.717) is 37.4 Å². The molecule has 0 aliphatic carbocycles. The number of amidine groups is 1. The number of likely N-dealkylation sites (tertiary alicyclic amines) is 1. The van der Waals surface area contributed by atoms with Crippen molar-refractivity contribution in [2.75, 3.05) is 32.4 Å². The maximum Gasteiger partial charge on any atom is 0.286 e. The number of hydrogen-bond acceptors (Lipinski definition) is 6. The van der Waals surface area contributed by atoms with Crippen molar-refractivity contribution >= 4 is 32.9 Å². The van der Waals surface area contributed by atoms with Gasteiger partial charge < -0.3 is 9.64 Å². The summed E-state index contributed by atoms with van der Waals surface area (Å²) < 4.78 is 31.2. The van der Waals surface area contributed by atoms with E-state index in [-0.39, 0.29) is 11.5 Å². The van der Waals surface area contributed by atoms with Crippen molar-refractivity contribution in [3.8, 4) is 0 Å². The van der Waals surface area contributed by atoms with Gasteiger partial charge in [0.05, 0.1) is 23.4 Å². The van der Waals surface area contributed by atoms with Gasteiger partial charge >= 0.3 is 0 Å². The second-order valence-electron chi connectivity index (χ2n) is 8.32. The lowest BCUT2D eigenvalue weighted by molar-refractivity contribution is -0.113. The first kappa shape index (κ1) is 20.2. The van der Waals surface area contributed by atoms with Gasteiger partial charge in [0.2, 0.25) is 10.0 Å². The average molecular weight is 448 g/mol. The minimum atomic E-state index is -3.18. The maximum atomic E-state index is 12.6. The third-order valence-corrected chi connectivity index (χ3v) is 9.06. The molecule has 4 aliphatic rings. The zero-order valence-corrected chi connectivity index (χ0v) is 18.6. The van der Waals surface area contributed by atoms with Crippen molar-refractivity contribution in [3.05, 3.63) is 45.9 Å². The maximum absolute atomic E-state index is 12.6. The van der Waals surface area contributed by atoms with E-state index in [1.165, 1.54) is 33.4 Å². The molecule has 9 heteroatoms. The van der Waals surface area contributed by atoms with Gasteiger partial charge in [0.15, 0.2) is 5.17 Å². The second kappa shape index (κ2) is 7.47. The molecule has 4 aliphatic heterocycles. The minimum Gasteiger partial charge on any atom is -0.365 e. The fraction of sp³-hybridized carbons (Fsp3) is 0.524. The van der Waals surface area contributed by atoms with E-state index in [1.54, 1.807) is 0 Å². The molecule has 7 nitrogen and oxygen atoms in total. The number of sulfonamides is 1. The fourth-order valence-electron chi connectivity index (χ4n) is 4.83. The first-order chi connectivity index (χ1) is 14.4. The molecule has 0 unspecified atom stereocenters. The van der Waals surface area contributed by atoms with Gasteiger partial charge in [0.1, 0.15) is 0 Å². The Kier molecular flexibility index (Phi) is 5.04. The quantitative estimate of drug-likeness (QED) is 0.616. The number of piperidine rings is 2. The molecule has 0 radical (unpaired) electrons. The van der Waals surface area contributed by atoms with Crippen molar-refractivity contribution in [1.29, 1.82) is 0 Å². The van der Waals surface area contributed by atoms with Crippen molar-refractivity contribution in [2.24, 2.45) is 4.99 Å². The summed E-state index contributed by atoms with van der Waals surface area (Å²) >= 11 is 1.45. The van der Waals surface area contributed by atoms with Crippen LogP contribution in [-0.2, 0) is 31.8 Å². The van der Waals surface area contributed by atoms with E-state index in [0.717, 1.165) is 36.7 Å². The molecule has 30 heavy (non-hydrogen) atoms. The lowest BCUT2D eigenvalue weighted by Crippen LogP contribution is -2.44. The van der Waals surface area contributed by atoms with Gasteiger partial charge in [-0.3, -0.25) is 4.79 Å². The van der Waals surface area contributed by atoms with E-state index in [2.05, 4.69) is 34.2 Å². The highest BCUT2D eigenvalue weighted by Gasteiger charge is 2.43. The molecular formula is C21H25N3O4S2. The van der Waals surface area contributed by atoms with Gasteiger partial charge in [0.25, 0.3) is 5.91 Å². The average Bonchev–Trinajstić information content (AvgIpc) is 3.30. The molecule has 4 heterocycles. The lowest BCUT2D eigenvalue weighted by Gasteiger charge is -2.39. The molecule has 0 aromatic heterocycles. The summed E-state index contributed by atoms with van der Waals surface area (Å²) in [7, 11) is -3.18. The van der Waals surface area contributed by atoms with Crippen molar-refractivity contribution < 1.29 is 17.9 Å². The summed E-state index contributed by atoms with van der Waals surface area (Å²) in [6.07, 6.45) is 4.19. The third kappa shape index (κ3) is 3.51. The Morgan fingerprint density at radius 3 is 2.50 bits per heavy atom. The fourth-order valence-corrected chi connectivity index (χ4v) is 6.78. The number of carbonyl (C=O) groups is 1. The highest BCUT2D eigenvalue weighted by atomic mass is 32.2. The van der Waals surface area contributed by atoms with Crippen LogP contribution in [0.1, 0.15) is 36.8 Å². The number of thioether (sulfide) groups is 1. The first-order valence-electron chi connectivity index (χ1n) is 10.3. The highest BCUT2D eigenvalue weighted by molar-refractivity contribution is 8.18. The summed E-state index contributed by atoms with van der Waals surface area (Å²) in [4.78, 5) is 19.8. The highest BCUT2D eigenvalue weighted by Crippen LogP contribution is 2.45. The minimum absolute atomic E-state index is 0.180. The normalized spacial score (nSPS) is 24.5. The molecule has 1 amide bonds. The number of carbonyl (C=O) groups excluding carboxylic acids is 1. The number of hydrogen-bond donors (Lipinski definition) is 0. The lowest BCUT2D eigenvalue weighted by atomic mass is 9.84. The predicted molar refractivity (Wildman–Crippen MR) is 116 cm³/mol. The van der Waals surface area contributed by atoms with Crippen LogP contribution in [-0.4, -0.2) is 61.1 Å². The molecule has 0 bridgehead atoms. The zero-order valence-electron chi connectivity index (χ0n) is 17.0. The van der Waals surface area contributed by atoms with Crippen LogP contribution >= 0.6 is 11.8 Å². The van der Waals surface area contributed by atoms with Crippen LogP contribution < -0.4 is 0 Å². The van der Waals surface area contributed by atoms with Crippen LogP contribution in [0, 0.1) is 0 Å². The molecule has 5 rings (SSSR count). The molecule has 1 aromatic rings. The summed E-state index contributed by atoms with van der Waals surface area (Å²) in [5.41, 5.74) is 3.41. The monoisotopic (exact) mass is 447 g/mol. The van der Waals surface area contributed by atoms with Gasteiger partial charge in [-0.15, -0.1) is 0 Å². The topological polar surface area (TPSA) is 79.3 Å². The molecule has 0 atom stereocenters. The van der Waals surface area contributed by atoms with Gasteiger partial charge in [-0.25, -0.2) is 12.7 Å². The zero-order chi connectivity index (χ0) is 20.9. The van der Waals surface area contributed by atoms with Crippen molar-refractivity contribution in [2.45, 2.75) is 37.9 Å². The van der Waals surface area contributed by atoms with Gasteiger partial charge in [-0.05, 0) is 54.1 Å². The Morgan fingerprint density at radius 1 is 1.10 bits per heavy atom. The SMILES string of the molecule is CS(=O)(=O)N1CCC(=C2SC(N3CCC4(CC3)OCc3ccccc34)=NC2=O)CC1. The third-order valence-electron chi connectivity index (χ3n) is 6.55. The Morgan fingerprint density at radius 2 is 1.80 bits per heavy atom. The molecule has 0 N–H and O–H groups in total. The Balaban J connectivity index is 1.25. The van der Waals surface area contributed by atoms with Gasteiger partial charge in [-0.2, -0.15) is 4.99 Å². The van der Waals surface area contributed by atoms with E-state index in [9.17, 15) is 13.2 Å². The van der Waals surface area contributed by atoms with E-state index in [4.69, 9.17) is 4.74 Å². The smallest absolute Gasteiger partial charge is 0.286 e. The molecule has 160 valence electrons. The number of aliphatic imine (C=N–C) groups is 1. The molecule has 2 fully saturated rings. The summed E-state index contributed by atoms with van der Waals surface area (Å²) in [6.45, 7) is 3.15. The van der Waals surface area contributed by atoms with Crippen LogP contribution in [0.3, 0.4) is 0 Å². The first-order valence-corrected chi connectivity index (χ1v) is 13.0. The number of benzene rings is 1. The summed E-state index contributed by atoms with van der Waals surface area (Å²) in [5, 5.41) is 0.772. The second-order valence-corrected chi connectivity index (χ2v) is 11.3. The van der Waals surface area contributed by atoms with Crippen LogP contribution in [0.25, 0.3) is 0 Å². The largest absolute Gasteiger partial charge is 0.365 e. The van der Waals surface area contributed by atoms with E-state index < -0.39 is 10.0 Å². The molecule has 2 saturated heterocycles. The predicted octanol–water partition coefficient (Wildman–Crippen LogP) is 2.45. The number of ether oxygens (including phenoxy) is 1. The Labute approximate surface area is 181 Å². The molecular weight excluding hydrogens is 422 g/mol. The van der Waals surface area contributed by atoms with E-state index >= 15 is 0 Å². The molecule has 0 saturated carbocycles. The number of nitrogens with zero attached hydrogens (tertiary/aromatic N) is 3. The van der Waals surface area contributed by atoms with Crippen LogP contribution in [0.4, 0.5) is 0 Å². The van der Waals surface area contributed by atoms with Gasteiger partial charge in [0, 0.05) is 26.2 Å². The Hall–Kier alpha value is -1.68. The standard InChI is InChI=1S/C21H25N3O4S2/c1-30(26,27)24-10-6-15(7-11-24)18-19(25)22-20(29-18)23-12-8-21(9-13-23)17-5-3-2-4-16(17)14-28-21/h2-5H,6-14H2,1H3. The summed E-state index contributed by atoms with van der Waals surface area (Å²) in [5.74, 6) is -0.180. The molecule has 1 spiro atoms. The Bertz CT molecular complexity index is 1050. The van der Waals surface area contributed by atoms with Gasteiger partial charge in [-0.1, -0.05) is 24.3 Å². The van der Waals surface area contributed by atoms with Crippen molar-refractivity contribution in [3.63, 3.8) is 0 Å². The van der Waals surface area contributed by atoms with Crippen LogP contribution in [0.5, 0.6) is 0 Å². The number of fused-ring (bicyclic) bond motifs is 2. The molecule has 1 aromatic carbocycles. The van der Waals surface area contributed by atoms with Crippen molar-refractivity contribution in [1.82, 2.24) is 9.21 Å². The van der Waals surface area contributed by atoms with Crippen LogP contribution in [0.2, 0.25) is 0 Å². The van der Waals surface area contributed by atoms with E-state index in [1.807, 2.05) is 0 Å². The number of amides is 1. The number of rotatable bonds is 1.